The summed E-state index contributed by atoms with van der Waals surface area (Å²) >= 11 is 0. The van der Waals surface area contributed by atoms with Crippen LogP contribution in [0, 0.1) is 0 Å². The summed E-state index contributed by atoms with van der Waals surface area (Å²) in [7, 11) is 0. The first kappa shape index (κ1) is 19.4. The van der Waals surface area contributed by atoms with Crippen molar-refractivity contribution < 1.29 is 5.11 Å². The molecule has 2 aromatic heterocycles. The maximum absolute atomic E-state index is 10.4. The molecular formula is C23H27N5O. The van der Waals surface area contributed by atoms with Gasteiger partial charge in [-0.05, 0) is 43.2 Å². The molecule has 0 radical (unpaired) electrons. The number of anilines is 2. The summed E-state index contributed by atoms with van der Waals surface area (Å²) in [4.78, 5) is 8.84. The molecule has 0 amide bonds. The quantitative estimate of drug-likeness (QED) is 0.462. The van der Waals surface area contributed by atoms with Gasteiger partial charge in [-0.3, -0.25) is 5.32 Å². The third-order valence-corrected chi connectivity index (χ3v) is 5.13. The smallest absolute Gasteiger partial charge is 0.134 e. The minimum atomic E-state index is -0.758. The molecule has 0 fully saturated rings. The van der Waals surface area contributed by atoms with E-state index in [4.69, 9.17) is 0 Å². The van der Waals surface area contributed by atoms with Crippen molar-refractivity contribution in [2.45, 2.75) is 38.6 Å². The second kappa shape index (κ2) is 8.59. The van der Waals surface area contributed by atoms with Gasteiger partial charge in [0.25, 0.3) is 0 Å². The summed E-state index contributed by atoms with van der Waals surface area (Å²) in [5.74, 6) is 1.97. The lowest BCUT2D eigenvalue weighted by Crippen LogP contribution is -2.28. The van der Waals surface area contributed by atoms with Crippen LogP contribution in [0.1, 0.15) is 48.2 Å². The zero-order valence-corrected chi connectivity index (χ0v) is 16.8. The second-order valence-electron chi connectivity index (χ2n) is 7.64. The van der Waals surface area contributed by atoms with E-state index in [1.165, 1.54) is 16.7 Å². The number of rotatable bonds is 7. The Labute approximate surface area is 171 Å². The Balaban J connectivity index is 1.49. The fraction of sp³-hybridized carbons (Fsp3) is 0.304. The minimum absolute atomic E-state index is 0.173. The highest BCUT2D eigenvalue weighted by Gasteiger charge is 2.24. The van der Waals surface area contributed by atoms with Crippen LogP contribution < -0.4 is 16.0 Å². The SMILES string of the molecule is CC(C)NC(O)c1cccnc1NCc1cccc(C2CNc3ncccc32)c1. The van der Waals surface area contributed by atoms with Crippen LogP contribution >= 0.6 is 0 Å². The molecular weight excluding hydrogens is 362 g/mol. The average Bonchev–Trinajstić information content (AvgIpc) is 3.16. The Morgan fingerprint density at radius 1 is 1.10 bits per heavy atom. The highest BCUT2D eigenvalue weighted by atomic mass is 16.3. The Kier molecular flexibility index (Phi) is 5.74. The highest BCUT2D eigenvalue weighted by Crippen LogP contribution is 2.34. The van der Waals surface area contributed by atoms with Crippen LogP contribution in [0.15, 0.2) is 60.9 Å². The van der Waals surface area contributed by atoms with Gasteiger partial charge >= 0.3 is 0 Å². The van der Waals surface area contributed by atoms with E-state index < -0.39 is 6.23 Å². The molecule has 6 heteroatoms. The molecule has 3 heterocycles. The highest BCUT2D eigenvalue weighted by molar-refractivity contribution is 5.56. The average molecular weight is 390 g/mol. The van der Waals surface area contributed by atoms with Crippen LogP contribution in [0.5, 0.6) is 0 Å². The number of hydrogen-bond donors (Lipinski definition) is 4. The van der Waals surface area contributed by atoms with Crippen molar-refractivity contribution in [1.29, 1.82) is 0 Å². The molecule has 1 aromatic carbocycles. The topological polar surface area (TPSA) is 82.1 Å². The Hall–Kier alpha value is -2.96. The minimum Gasteiger partial charge on any atom is -0.374 e. The van der Waals surface area contributed by atoms with Crippen molar-refractivity contribution >= 4 is 11.6 Å². The summed E-state index contributed by atoms with van der Waals surface area (Å²) in [5, 5.41) is 20.3. The van der Waals surface area contributed by atoms with Gasteiger partial charge < -0.3 is 15.7 Å². The molecule has 150 valence electrons. The molecule has 1 aliphatic rings. The van der Waals surface area contributed by atoms with Crippen LogP contribution in [0.25, 0.3) is 0 Å². The molecule has 2 unspecified atom stereocenters. The number of hydrogen-bond acceptors (Lipinski definition) is 6. The van der Waals surface area contributed by atoms with E-state index in [1.807, 2.05) is 38.2 Å². The number of pyridine rings is 2. The van der Waals surface area contributed by atoms with Crippen molar-refractivity contribution in [3.05, 3.63) is 83.2 Å². The lowest BCUT2D eigenvalue weighted by molar-refractivity contribution is 0.129. The summed E-state index contributed by atoms with van der Waals surface area (Å²) in [5.41, 5.74) is 4.43. The zero-order chi connectivity index (χ0) is 20.2. The van der Waals surface area contributed by atoms with Gasteiger partial charge in [0.05, 0.1) is 0 Å². The molecule has 1 aliphatic heterocycles. The van der Waals surface area contributed by atoms with Crippen molar-refractivity contribution in [3.63, 3.8) is 0 Å². The number of nitrogens with one attached hydrogen (secondary N) is 3. The molecule has 0 spiro atoms. The van der Waals surface area contributed by atoms with E-state index in [-0.39, 0.29) is 6.04 Å². The Bertz CT molecular complexity index is 975. The normalized spacial score (nSPS) is 16.3. The summed E-state index contributed by atoms with van der Waals surface area (Å²) in [6, 6.07) is 16.6. The lowest BCUT2D eigenvalue weighted by Gasteiger charge is -2.19. The van der Waals surface area contributed by atoms with Crippen LogP contribution in [0.3, 0.4) is 0 Å². The molecule has 0 aliphatic carbocycles. The van der Waals surface area contributed by atoms with Gasteiger partial charge in [0.1, 0.15) is 17.9 Å². The molecule has 2 atom stereocenters. The van der Waals surface area contributed by atoms with Gasteiger partial charge in [-0.2, -0.15) is 0 Å². The second-order valence-corrected chi connectivity index (χ2v) is 7.64. The van der Waals surface area contributed by atoms with Crippen LogP contribution in [-0.2, 0) is 6.54 Å². The maximum atomic E-state index is 10.4. The predicted molar refractivity (Wildman–Crippen MR) is 116 cm³/mol. The van der Waals surface area contributed by atoms with Gasteiger partial charge in [0, 0.05) is 48.6 Å². The number of aliphatic hydroxyl groups is 1. The fourth-order valence-corrected chi connectivity index (χ4v) is 3.75. The number of nitrogens with zero attached hydrogens (tertiary/aromatic N) is 2. The molecule has 4 N–H and O–H groups in total. The maximum Gasteiger partial charge on any atom is 0.134 e. The van der Waals surface area contributed by atoms with E-state index in [9.17, 15) is 5.11 Å². The van der Waals surface area contributed by atoms with Crippen LogP contribution in [0.2, 0.25) is 0 Å². The van der Waals surface area contributed by atoms with Crippen LogP contribution in [0.4, 0.5) is 11.6 Å². The molecule has 4 rings (SSSR count). The van der Waals surface area contributed by atoms with Gasteiger partial charge in [-0.25, -0.2) is 9.97 Å². The van der Waals surface area contributed by atoms with Gasteiger partial charge in [-0.15, -0.1) is 0 Å². The number of benzene rings is 1. The van der Waals surface area contributed by atoms with E-state index in [1.54, 1.807) is 6.20 Å². The van der Waals surface area contributed by atoms with E-state index in [2.05, 4.69) is 56.3 Å². The zero-order valence-electron chi connectivity index (χ0n) is 16.8. The largest absolute Gasteiger partial charge is 0.374 e. The third-order valence-electron chi connectivity index (χ3n) is 5.13. The summed E-state index contributed by atoms with van der Waals surface area (Å²) < 4.78 is 0. The monoisotopic (exact) mass is 389 g/mol. The molecule has 0 bridgehead atoms. The van der Waals surface area contributed by atoms with Gasteiger partial charge in [-0.1, -0.05) is 30.3 Å². The van der Waals surface area contributed by atoms with Gasteiger partial charge in [0.2, 0.25) is 0 Å². The molecule has 0 saturated heterocycles. The first-order valence-electron chi connectivity index (χ1n) is 10.0. The van der Waals surface area contributed by atoms with E-state index in [0.717, 1.165) is 17.9 Å². The van der Waals surface area contributed by atoms with Crippen LogP contribution in [-0.4, -0.2) is 27.7 Å². The van der Waals surface area contributed by atoms with Crippen molar-refractivity contribution in [3.8, 4) is 0 Å². The fourth-order valence-electron chi connectivity index (χ4n) is 3.75. The molecule has 6 nitrogen and oxygen atoms in total. The van der Waals surface area contributed by atoms with Gasteiger partial charge in [0.15, 0.2) is 0 Å². The lowest BCUT2D eigenvalue weighted by atomic mass is 9.93. The van der Waals surface area contributed by atoms with E-state index >= 15 is 0 Å². The summed E-state index contributed by atoms with van der Waals surface area (Å²) in [6.45, 7) is 5.50. The first-order valence-corrected chi connectivity index (χ1v) is 10.0. The predicted octanol–water partition coefficient (Wildman–Crippen LogP) is 3.64. The van der Waals surface area contributed by atoms with Crippen molar-refractivity contribution in [1.82, 2.24) is 15.3 Å². The van der Waals surface area contributed by atoms with Crippen molar-refractivity contribution in [2.24, 2.45) is 0 Å². The molecule has 29 heavy (non-hydrogen) atoms. The Morgan fingerprint density at radius 2 is 1.93 bits per heavy atom. The number of aliphatic hydroxyl groups excluding tert-OH is 1. The first-order chi connectivity index (χ1) is 14.1. The summed E-state index contributed by atoms with van der Waals surface area (Å²) in [6.07, 6.45) is 2.80. The molecule has 0 saturated carbocycles. The van der Waals surface area contributed by atoms with E-state index in [0.29, 0.717) is 18.3 Å². The standard InChI is InChI=1S/C23H27N5O/c1-15(2)28-23(29)19-9-5-11-25-22(19)26-13-16-6-3-7-17(12-16)20-14-27-21-18(20)8-4-10-24-21/h3-12,15,20,23,28-29H,13-14H2,1-2H3,(H,24,27)(H,25,26). The number of fused-ring (bicyclic) bond motifs is 1. The molecule has 3 aromatic rings. The Morgan fingerprint density at radius 3 is 2.79 bits per heavy atom. The van der Waals surface area contributed by atoms with Crippen molar-refractivity contribution in [2.75, 3.05) is 17.2 Å². The number of aromatic nitrogens is 2. The third kappa shape index (κ3) is 4.39.